The van der Waals surface area contributed by atoms with Crippen LogP contribution in [-0.2, 0) is 4.74 Å². The molecule has 0 rings (SSSR count). The second-order valence-corrected chi connectivity index (χ2v) is 4.72. The van der Waals surface area contributed by atoms with Crippen LogP contribution in [0.5, 0.6) is 0 Å². The summed E-state index contributed by atoms with van der Waals surface area (Å²) in [5.41, 5.74) is 5.70. The van der Waals surface area contributed by atoms with Crippen LogP contribution in [0.2, 0.25) is 0 Å². The average molecular weight is 216 g/mol. The molecular formula is C12H28N2O. The number of hydrogen-bond donors (Lipinski definition) is 2. The van der Waals surface area contributed by atoms with Gasteiger partial charge in [-0.15, -0.1) is 0 Å². The highest BCUT2D eigenvalue weighted by Crippen LogP contribution is 2.07. The third kappa shape index (κ3) is 10.2. The van der Waals surface area contributed by atoms with E-state index >= 15 is 0 Å². The molecule has 0 heterocycles. The van der Waals surface area contributed by atoms with Gasteiger partial charge in [0.1, 0.15) is 0 Å². The van der Waals surface area contributed by atoms with Crippen LogP contribution in [0, 0.1) is 5.92 Å². The average Bonchev–Trinajstić information content (AvgIpc) is 2.17. The van der Waals surface area contributed by atoms with Gasteiger partial charge in [0.05, 0.1) is 6.10 Å². The Morgan fingerprint density at radius 1 is 1.13 bits per heavy atom. The van der Waals surface area contributed by atoms with Crippen molar-refractivity contribution in [1.82, 2.24) is 5.32 Å². The molecule has 15 heavy (non-hydrogen) atoms. The van der Waals surface area contributed by atoms with Crippen LogP contribution in [0.25, 0.3) is 0 Å². The van der Waals surface area contributed by atoms with Crippen molar-refractivity contribution in [3.8, 4) is 0 Å². The molecule has 0 aromatic carbocycles. The normalized spacial score (nSPS) is 17.4. The zero-order valence-electron chi connectivity index (χ0n) is 10.8. The molecule has 0 amide bonds. The lowest BCUT2D eigenvalue weighted by Gasteiger charge is -2.15. The van der Waals surface area contributed by atoms with Crippen LogP contribution < -0.4 is 11.1 Å². The fourth-order valence-electron chi connectivity index (χ4n) is 1.51. The van der Waals surface area contributed by atoms with E-state index in [0.717, 1.165) is 25.4 Å². The van der Waals surface area contributed by atoms with Crippen LogP contribution in [0.4, 0.5) is 0 Å². The van der Waals surface area contributed by atoms with Crippen molar-refractivity contribution >= 4 is 0 Å². The topological polar surface area (TPSA) is 47.3 Å². The molecule has 3 unspecified atom stereocenters. The molecule has 3 nitrogen and oxygen atoms in total. The van der Waals surface area contributed by atoms with Gasteiger partial charge in [0.25, 0.3) is 0 Å². The standard InChI is InChI=1S/C12H28N2O/c1-10(6-5-7-11(2)13)8-14-9-12(3)15-4/h10-12,14H,5-9,13H2,1-4H3. The molecule has 3 N–H and O–H groups in total. The molecule has 3 heteroatoms. The summed E-state index contributed by atoms with van der Waals surface area (Å²) in [6.07, 6.45) is 3.94. The Morgan fingerprint density at radius 2 is 1.80 bits per heavy atom. The zero-order chi connectivity index (χ0) is 11.7. The van der Waals surface area contributed by atoms with Gasteiger partial charge < -0.3 is 15.8 Å². The van der Waals surface area contributed by atoms with Crippen molar-refractivity contribution in [1.29, 1.82) is 0 Å². The van der Waals surface area contributed by atoms with Gasteiger partial charge in [0, 0.05) is 19.7 Å². The van der Waals surface area contributed by atoms with E-state index in [2.05, 4.69) is 26.1 Å². The van der Waals surface area contributed by atoms with E-state index in [9.17, 15) is 0 Å². The van der Waals surface area contributed by atoms with E-state index in [1.165, 1.54) is 12.8 Å². The molecular weight excluding hydrogens is 188 g/mol. The molecule has 0 aliphatic carbocycles. The number of nitrogens with two attached hydrogens (primary N) is 1. The molecule has 0 saturated heterocycles. The van der Waals surface area contributed by atoms with Crippen LogP contribution in [0.3, 0.4) is 0 Å². The second kappa shape index (κ2) is 9.13. The first-order valence-corrected chi connectivity index (χ1v) is 6.05. The number of methoxy groups -OCH3 is 1. The lowest BCUT2D eigenvalue weighted by atomic mass is 10.0. The van der Waals surface area contributed by atoms with E-state index in [0.29, 0.717) is 12.1 Å². The summed E-state index contributed by atoms with van der Waals surface area (Å²) in [6.45, 7) is 8.45. The molecule has 0 radical (unpaired) electrons. The van der Waals surface area contributed by atoms with Crippen LogP contribution in [0.15, 0.2) is 0 Å². The summed E-state index contributed by atoms with van der Waals surface area (Å²) >= 11 is 0. The summed E-state index contributed by atoms with van der Waals surface area (Å²) in [6, 6.07) is 0.346. The van der Waals surface area contributed by atoms with Gasteiger partial charge in [-0.1, -0.05) is 13.3 Å². The molecule has 0 aliphatic heterocycles. The van der Waals surface area contributed by atoms with Gasteiger partial charge in [0.2, 0.25) is 0 Å². The lowest BCUT2D eigenvalue weighted by Crippen LogP contribution is -2.29. The minimum Gasteiger partial charge on any atom is -0.380 e. The van der Waals surface area contributed by atoms with Gasteiger partial charge in [-0.2, -0.15) is 0 Å². The number of hydrogen-bond acceptors (Lipinski definition) is 3. The molecule has 0 aromatic rings. The first-order chi connectivity index (χ1) is 7.06. The Kier molecular flexibility index (Phi) is 9.06. The molecule has 0 spiro atoms. The van der Waals surface area contributed by atoms with E-state index in [1.54, 1.807) is 7.11 Å². The minimum absolute atomic E-state index is 0.307. The number of nitrogens with one attached hydrogen (secondary N) is 1. The molecule has 0 aromatic heterocycles. The Labute approximate surface area is 94.8 Å². The largest absolute Gasteiger partial charge is 0.380 e. The summed E-state index contributed by atoms with van der Waals surface area (Å²) < 4.78 is 5.17. The molecule has 0 fully saturated rings. The van der Waals surface area contributed by atoms with Crippen molar-refractivity contribution < 1.29 is 4.74 Å². The van der Waals surface area contributed by atoms with Crippen molar-refractivity contribution in [2.75, 3.05) is 20.2 Å². The maximum atomic E-state index is 5.70. The highest BCUT2D eigenvalue weighted by molar-refractivity contribution is 4.62. The Morgan fingerprint density at radius 3 is 2.33 bits per heavy atom. The highest BCUT2D eigenvalue weighted by atomic mass is 16.5. The van der Waals surface area contributed by atoms with Crippen LogP contribution >= 0.6 is 0 Å². The SMILES string of the molecule is COC(C)CNCC(C)CCCC(C)N. The van der Waals surface area contributed by atoms with Crippen molar-refractivity contribution in [2.45, 2.75) is 52.2 Å². The van der Waals surface area contributed by atoms with Crippen LogP contribution in [0.1, 0.15) is 40.0 Å². The van der Waals surface area contributed by atoms with Gasteiger partial charge in [-0.25, -0.2) is 0 Å². The Bertz CT molecular complexity index is 140. The third-order valence-electron chi connectivity index (χ3n) is 2.68. The Hall–Kier alpha value is -0.120. The Balaban J connectivity index is 3.29. The quantitative estimate of drug-likeness (QED) is 0.617. The summed E-state index contributed by atoms with van der Waals surface area (Å²) in [4.78, 5) is 0. The predicted octanol–water partition coefficient (Wildman–Crippen LogP) is 1.76. The molecule has 3 atom stereocenters. The smallest absolute Gasteiger partial charge is 0.0667 e. The van der Waals surface area contributed by atoms with Crippen molar-refractivity contribution in [2.24, 2.45) is 11.7 Å². The van der Waals surface area contributed by atoms with Crippen molar-refractivity contribution in [3.05, 3.63) is 0 Å². The van der Waals surface area contributed by atoms with Gasteiger partial charge >= 0.3 is 0 Å². The maximum Gasteiger partial charge on any atom is 0.0667 e. The van der Waals surface area contributed by atoms with E-state index in [-0.39, 0.29) is 0 Å². The fourth-order valence-corrected chi connectivity index (χ4v) is 1.51. The second-order valence-electron chi connectivity index (χ2n) is 4.72. The summed E-state index contributed by atoms with van der Waals surface area (Å²) in [5.74, 6) is 0.729. The monoisotopic (exact) mass is 216 g/mol. The molecule has 0 aliphatic rings. The van der Waals surface area contributed by atoms with E-state index in [1.807, 2.05) is 0 Å². The summed E-state index contributed by atoms with van der Waals surface area (Å²) in [7, 11) is 1.75. The predicted molar refractivity (Wildman–Crippen MR) is 66.0 cm³/mol. The van der Waals surface area contributed by atoms with Gasteiger partial charge in [-0.05, 0) is 39.2 Å². The van der Waals surface area contributed by atoms with E-state index < -0.39 is 0 Å². The number of rotatable bonds is 9. The summed E-state index contributed by atoms with van der Waals surface area (Å²) in [5, 5.41) is 3.42. The zero-order valence-corrected chi connectivity index (χ0v) is 10.8. The lowest BCUT2D eigenvalue weighted by molar-refractivity contribution is 0.116. The van der Waals surface area contributed by atoms with E-state index in [4.69, 9.17) is 10.5 Å². The molecule has 0 saturated carbocycles. The minimum atomic E-state index is 0.307. The number of ether oxygens (including phenoxy) is 1. The first-order valence-electron chi connectivity index (χ1n) is 6.05. The highest BCUT2D eigenvalue weighted by Gasteiger charge is 2.04. The maximum absolute atomic E-state index is 5.70. The van der Waals surface area contributed by atoms with Crippen LogP contribution in [-0.4, -0.2) is 32.3 Å². The van der Waals surface area contributed by atoms with Crippen molar-refractivity contribution in [3.63, 3.8) is 0 Å². The first kappa shape index (κ1) is 14.9. The third-order valence-corrected chi connectivity index (χ3v) is 2.68. The van der Waals surface area contributed by atoms with Gasteiger partial charge in [0.15, 0.2) is 0 Å². The molecule has 92 valence electrons. The molecule has 0 bridgehead atoms. The fraction of sp³-hybridized carbons (Fsp3) is 1.00. The van der Waals surface area contributed by atoms with Gasteiger partial charge in [-0.3, -0.25) is 0 Å².